The first kappa shape index (κ1) is 29.6. The molecular formula is C23H30N14O5. The number of nitrogens with one attached hydrogen (secondary N) is 1. The highest BCUT2D eigenvalue weighted by Crippen LogP contribution is 2.37. The van der Waals surface area contributed by atoms with Crippen LogP contribution in [-0.2, 0) is 26.3 Å². The second kappa shape index (κ2) is 12.4. The Balaban J connectivity index is 2.00. The number of benzene rings is 1. The van der Waals surface area contributed by atoms with Gasteiger partial charge in [-0.25, -0.2) is 9.36 Å². The molecule has 3 N–H and O–H groups in total. The number of carboxylic acids is 2. The number of carbonyl (C=O) groups is 3. The summed E-state index contributed by atoms with van der Waals surface area (Å²) >= 11 is 0. The van der Waals surface area contributed by atoms with Crippen LogP contribution in [0.2, 0.25) is 0 Å². The average Bonchev–Trinajstić information content (AvgIpc) is 3.71. The van der Waals surface area contributed by atoms with Crippen molar-refractivity contribution in [2.45, 2.75) is 51.1 Å². The van der Waals surface area contributed by atoms with E-state index in [-0.39, 0.29) is 49.8 Å². The molecule has 1 amide bonds. The van der Waals surface area contributed by atoms with E-state index in [0.717, 1.165) is 5.69 Å². The predicted octanol–water partition coefficient (Wildman–Crippen LogP) is -0.928. The number of aryl methyl sites for hydroxylation is 1. The Labute approximate surface area is 238 Å². The fourth-order valence-electron chi connectivity index (χ4n) is 4.46. The van der Waals surface area contributed by atoms with Crippen LogP contribution in [0.4, 0.5) is 5.69 Å². The number of anilines is 1. The molecule has 4 rings (SSSR count). The normalized spacial score (nSPS) is 13.3. The van der Waals surface area contributed by atoms with Crippen molar-refractivity contribution in [3.63, 3.8) is 0 Å². The maximum absolute atomic E-state index is 12.3. The van der Waals surface area contributed by atoms with Gasteiger partial charge in [0.05, 0.1) is 18.2 Å². The van der Waals surface area contributed by atoms with Crippen molar-refractivity contribution in [3.8, 4) is 5.69 Å². The van der Waals surface area contributed by atoms with E-state index < -0.39 is 29.3 Å². The molecule has 0 aliphatic carbocycles. The van der Waals surface area contributed by atoms with Crippen molar-refractivity contribution < 1.29 is 24.6 Å². The van der Waals surface area contributed by atoms with Crippen LogP contribution in [0.3, 0.4) is 0 Å². The molecule has 222 valence electrons. The van der Waals surface area contributed by atoms with Gasteiger partial charge in [-0.15, -0.1) is 15.3 Å². The number of aliphatic carboxylic acids is 2. The molecule has 4 aromatic rings. The van der Waals surface area contributed by atoms with E-state index >= 15 is 0 Å². The molecular weight excluding hydrogens is 552 g/mol. The van der Waals surface area contributed by atoms with Gasteiger partial charge in [-0.1, -0.05) is 0 Å². The van der Waals surface area contributed by atoms with E-state index in [2.05, 4.69) is 51.9 Å². The molecule has 19 heteroatoms. The SMILES string of the molecule is CC(=O)NCC(c1nnnn1CCCC(=O)O)(c1nnnn1-c1ccc(N(C)C)cc1)c1nnnn1C(C)CC(=O)O. The van der Waals surface area contributed by atoms with Gasteiger partial charge in [0.1, 0.15) is 0 Å². The molecule has 0 radical (unpaired) electrons. The molecule has 0 spiro atoms. The van der Waals surface area contributed by atoms with Crippen LogP contribution < -0.4 is 10.2 Å². The molecule has 3 heterocycles. The first-order valence-electron chi connectivity index (χ1n) is 12.8. The zero-order valence-electron chi connectivity index (χ0n) is 23.4. The van der Waals surface area contributed by atoms with Gasteiger partial charge in [0.2, 0.25) is 5.91 Å². The third-order valence-corrected chi connectivity index (χ3v) is 6.50. The summed E-state index contributed by atoms with van der Waals surface area (Å²) in [4.78, 5) is 37.1. The van der Waals surface area contributed by atoms with Crippen LogP contribution >= 0.6 is 0 Å². The fraction of sp³-hybridized carbons (Fsp3) is 0.478. The number of nitrogens with zero attached hydrogens (tertiary/aromatic N) is 13. The van der Waals surface area contributed by atoms with Gasteiger partial charge >= 0.3 is 11.9 Å². The fourth-order valence-corrected chi connectivity index (χ4v) is 4.46. The van der Waals surface area contributed by atoms with E-state index in [1.165, 1.54) is 21.0 Å². The van der Waals surface area contributed by atoms with Crippen molar-refractivity contribution in [3.05, 3.63) is 41.7 Å². The van der Waals surface area contributed by atoms with Gasteiger partial charge in [-0.2, -0.15) is 4.68 Å². The molecule has 0 aliphatic rings. The number of carboxylic acid groups (broad SMARTS) is 2. The zero-order valence-corrected chi connectivity index (χ0v) is 23.4. The lowest BCUT2D eigenvalue weighted by atomic mass is 9.83. The van der Waals surface area contributed by atoms with Crippen LogP contribution in [0.5, 0.6) is 0 Å². The van der Waals surface area contributed by atoms with Gasteiger partial charge in [0, 0.05) is 46.2 Å². The van der Waals surface area contributed by atoms with Crippen LogP contribution in [0.25, 0.3) is 5.69 Å². The lowest BCUT2D eigenvalue weighted by molar-refractivity contribution is -0.138. The summed E-state index contributed by atoms with van der Waals surface area (Å²) in [7, 11) is 3.80. The second-order valence-electron chi connectivity index (χ2n) is 9.76. The van der Waals surface area contributed by atoms with Gasteiger partial charge in [0.15, 0.2) is 22.9 Å². The molecule has 0 bridgehead atoms. The Hall–Kier alpha value is -5.36. The summed E-state index contributed by atoms with van der Waals surface area (Å²) in [5.74, 6) is -2.22. The topological polar surface area (TPSA) is 238 Å². The van der Waals surface area contributed by atoms with Crippen LogP contribution in [0, 0.1) is 0 Å². The maximum atomic E-state index is 12.3. The lowest BCUT2D eigenvalue weighted by Crippen LogP contribution is -2.48. The monoisotopic (exact) mass is 582 g/mol. The highest BCUT2D eigenvalue weighted by atomic mass is 16.4. The van der Waals surface area contributed by atoms with Crippen molar-refractivity contribution in [1.82, 2.24) is 65.9 Å². The Morgan fingerprint density at radius 2 is 1.57 bits per heavy atom. The third kappa shape index (κ3) is 6.03. The maximum Gasteiger partial charge on any atom is 0.305 e. The minimum absolute atomic E-state index is 0.0558. The molecule has 0 fully saturated rings. The summed E-state index contributed by atoms with van der Waals surface area (Å²) in [6.07, 6.45) is -0.295. The number of tetrazole rings is 3. The molecule has 0 saturated heterocycles. The second-order valence-corrected chi connectivity index (χ2v) is 9.76. The summed E-state index contributed by atoms with van der Waals surface area (Å²) in [5.41, 5.74) is -0.208. The molecule has 3 aromatic heterocycles. The standard InChI is InChI=1S/C23H30N14O5/c1-14(12-19(41)42)36-21(26-29-32-36)23(13-24-15(2)38,20-25-28-31-35(20)11-5-6-18(39)40)22-27-30-33-37(22)17-9-7-16(8-10-17)34(3)4/h7-10,14H,5-6,11-13H2,1-4H3,(H,24,38)(H,39,40)(H,41,42). The van der Waals surface area contributed by atoms with Gasteiger partial charge in [-0.05, 0) is 68.9 Å². The van der Waals surface area contributed by atoms with E-state index in [1.807, 2.05) is 31.1 Å². The van der Waals surface area contributed by atoms with E-state index in [4.69, 9.17) is 0 Å². The summed E-state index contributed by atoms with van der Waals surface area (Å²) in [6, 6.07) is 6.58. The van der Waals surface area contributed by atoms with Crippen LogP contribution in [-0.4, -0.2) is 109 Å². The average molecular weight is 583 g/mol. The Kier molecular flexibility index (Phi) is 8.77. The molecule has 1 aromatic carbocycles. The third-order valence-electron chi connectivity index (χ3n) is 6.50. The predicted molar refractivity (Wildman–Crippen MR) is 142 cm³/mol. The zero-order chi connectivity index (χ0) is 30.4. The van der Waals surface area contributed by atoms with Crippen LogP contribution in [0.15, 0.2) is 24.3 Å². The number of amides is 1. The van der Waals surface area contributed by atoms with E-state index in [9.17, 15) is 24.6 Å². The Morgan fingerprint density at radius 3 is 2.21 bits per heavy atom. The van der Waals surface area contributed by atoms with E-state index in [0.29, 0.717) is 5.69 Å². The highest BCUT2D eigenvalue weighted by molar-refractivity contribution is 5.73. The van der Waals surface area contributed by atoms with Crippen LogP contribution in [0.1, 0.15) is 56.6 Å². The first-order valence-corrected chi connectivity index (χ1v) is 12.8. The molecule has 19 nitrogen and oxygen atoms in total. The van der Waals surface area contributed by atoms with Crippen molar-refractivity contribution in [2.75, 3.05) is 25.5 Å². The van der Waals surface area contributed by atoms with Gasteiger partial charge in [0.25, 0.3) is 0 Å². The molecule has 0 saturated carbocycles. The van der Waals surface area contributed by atoms with Crippen molar-refractivity contribution in [1.29, 1.82) is 0 Å². The van der Waals surface area contributed by atoms with Crippen molar-refractivity contribution in [2.24, 2.45) is 0 Å². The number of rotatable bonds is 14. The smallest absolute Gasteiger partial charge is 0.305 e. The molecule has 2 atom stereocenters. The van der Waals surface area contributed by atoms with E-state index in [1.54, 1.807) is 19.1 Å². The van der Waals surface area contributed by atoms with Crippen molar-refractivity contribution >= 4 is 23.5 Å². The summed E-state index contributed by atoms with van der Waals surface area (Å²) < 4.78 is 4.11. The summed E-state index contributed by atoms with van der Waals surface area (Å²) in [6.45, 7) is 2.79. The minimum Gasteiger partial charge on any atom is -0.481 e. The first-order chi connectivity index (χ1) is 20.0. The lowest BCUT2D eigenvalue weighted by Gasteiger charge is -2.31. The number of hydrogen-bond acceptors (Lipinski definition) is 13. The quantitative estimate of drug-likeness (QED) is 0.163. The highest BCUT2D eigenvalue weighted by Gasteiger charge is 2.51. The van der Waals surface area contributed by atoms with Gasteiger partial charge in [-0.3, -0.25) is 14.4 Å². The molecule has 42 heavy (non-hydrogen) atoms. The number of aromatic nitrogens is 12. The minimum atomic E-state index is -1.68. The summed E-state index contributed by atoms with van der Waals surface area (Å²) in [5, 5.41) is 58.3. The Morgan fingerprint density at radius 1 is 0.929 bits per heavy atom. The molecule has 2 unspecified atom stereocenters. The number of carbonyl (C=O) groups excluding carboxylic acids is 1. The largest absolute Gasteiger partial charge is 0.481 e. The number of hydrogen-bond donors (Lipinski definition) is 3. The van der Waals surface area contributed by atoms with Gasteiger partial charge < -0.3 is 20.4 Å². The molecule has 0 aliphatic heterocycles. The Bertz CT molecular complexity index is 1540.